The predicted molar refractivity (Wildman–Crippen MR) is 103 cm³/mol. The molecule has 0 unspecified atom stereocenters. The van der Waals surface area contributed by atoms with Crippen molar-refractivity contribution in [2.45, 2.75) is 19.9 Å². The second-order valence-electron chi connectivity index (χ2n) is 5.66. The zero-order chi connectivity index (χ0) is 18.8. The van der Waals surface area contributed by atoms with E-state index in [1.165, 1.54) is 6.08 Å². The summed E-state index contributed by atoms with van der Waals surface area (Å²) in [5, 5.41) is 2.86. The van der Waals surface area contributed by atoms with E-state index in [4.69, 9.17) is 14.2 Å². The van der Waals surface area contributed by atoms with Crippen LogP contribution in [0.1, 0.15) is 24.5 Å². The van der Waals surface area contributed by atoms with Gasteiger partial charge in [0.2, 0.25) is 5.91 Å². The summed E-state index contributed by atoms with van der Waals surface area (Å²) in [5.74, 6) is 2.00. The molecule has 1 N–H and O–H groups in total. The number of carbonyl (C=O) groups excluding carboxylic acids is 1. The van der Waals surface area contributed by atoms with Crippen LogP contribution in [0, 0.1) is 0 Å². The van der Waals surface area contributed by atoms with E-state index in [1.807, 2.05) is 42.5 Å². The molecule has 26 heavy (non-hydrogen) atoms. The van der Waals surface area contributed by atoms with Crippen molar-refractivity contribution in [2.75, 3.05) is 20.8 Å². The highest BCUT2D eigenvalue weighted by atomic mass is 16.5. The Morgan fingerprint density at radius 2 is 1.81 bits per heavy atom. The van der Waals surface area contributed by atoms with E-state index in [-0.39, 0.29) is 5.91 Å². The topological polar surface area (TPSA) is 56.8 Å². The first-order valence-electron chi connectivity index (χ1n) is 8.56. The van der Waals surface area contributed by atoms with Crippen molar-refractivity contribution >= 4 is 12.0 Å². The third kappa shape index (κ3) is 5.84. The number of amides is 1. The van der Waals surface area contributed by atoms with Crippen LogP contribution in [0.15, 0.2) is 48.5 Å². The molecule has 0 spiro atoms. The summed E-state index contributed by atoms with van der Waals surface area (Å²) >= 11 is 0. The summed E-state index contributed by atoms with van der Waals surface area (Å²) in [7, 11) is 3.23. The van der Waals surface area contributed by atoms with Crippen LogP contribution >= 0.6 is 0 Å². The molecule has 0 bridgehead atoms. The molecule has 0 saturated heterocycles. The van der Waals surface area contributed by atoms with E-state index in [1.54, 1.807) is 20.3 Å². The second kappa shape index (κ2) is 10.1. The molecule has 0 heterocycles. The average Bonchev–Trinajstić information content (AvgIpc) is 2.69. The van der Waals surface area contributed by atoms with Crippen LogP contribution in [0.2, 0.25) is 0 Å². The fraction of sp³-hybridized carbons (Fsp3) is 0.286. The van der Waals surface area contributed by atoms with Crippen molar-refractivity contribution < 1.29 is 19.0 Å². The Balaban J connectivity index is 1.90. The van der Waals surface area contributed by atoms with Gasteiger partial charge in [0.05, 0.1) is 20.8 Å². The lowest BCUT2D eigenvalue weighted by molar-refractivity contribution is -0.116. The molecule has 5 heteroatoms. The van der Waals surface area contributed by atoms with Gasteiger partial charge in [0.15, 0.2) is 11.5 Å². The van der Waals surface area contributed by atoms with Crippen LogP contribution < -0.4 is 19.5 Å². The van der Waals surface area contributed by atoms with E-state index in [0.29, 0.717) is 24.7 Å². The van der Waals surface area contributed by atoms with Crippen LogP contribution in [-0.4, -0.2) is 26.7 Å². The van der Waals surface area contributed by atoms with Crippen LogP contribution in [0.5, 0.6) is 17.2 Å². The number of hydrogen-bond donors (Lipinski definition) is 1. The van der Waals surface area contributed by atoms with Crippen LogP contribution in [0.4, 0.5) is 0 Å². The number of nitrogens with one attached hydrogen (secondary N) is 1. The Kier molecular flexibility index (Phi) is 7.55. The van der Waals surface area contributed by atoms with Crippen molar-refractivity contribution in [1.82, 2.24) is 5.32 Å². The smallest absolute Gasteiger partial charge is 0.244 e. The van der Waals surface area contributed by atoms with Crippen LogP contribution in [0.3, 0.4) is 0 Å². The second-order valence-corrected chi connectivity index (χ2v) is 5.66. The summed E-state index contributed by atoms with van der Waals surface area (Å²) in [4.78, 5) is 12.0. The van der Waals surface area contributed by atoms with Gasteiger partial charge in [0.25, 0.3) is 0 Å². The first-order valence-corrected chi connectivity index (χ1v) is 8.56. The van der Waals surface area contributed by atoms with E-state index in [0.717, 1.165) is 23.3 Å². The third-order valence-corrected chi connectivity index (χ3v) is 3.70. The third-order valence-electron chi connectivity index (χ3n) is 3.70. The lowest BCUT2D eigenvalue weighted by atomic mass is 10.2. The van der Waals surface area contributed by atoms with Crippen molar-refractivity contribution in [3.63, 3.8) is 0 Å². The van der Waals surface area contributed by atoms with E-state index in [9.17, 15) is 4.79 Å². The van der Waals surface area contributed by atoms with Gasteiger partial charge in [-0.3, -0.25) is 4.79 Å². The first-order chi connectivity index (χ1) is 12.7. The van der Waals surface area contributed by atoms with E-state index < -0.39 is 0 Å². The number of rotatable bonds is 9. The Hall–Kier alpha value is -2.95. The van der Waals surface area contributed by atoms with E-state index >= 15 is 0 Å². The molecule has 2 rings (SSSR count). The van der Waals surface area contributed by atoms with Gasteiger partial charge in [0.1, 0.15) is 5.75 Å². The molecular weight excluding hydrogens is 330 g/mol. The number of carbonyl (C=O) groups is 1. The zero-order valence-electron chi connectivity index (χ0n) is 15.5. The van der Waals surface area contributed by atoms with Gasteiger partial charge in [-0.1, -0.05) is 25.1 Å². The lowest BCUT2D eigenvalue weighted by Crippen LogP contribution is -2.20. The SMILES string of the molecule is CCCOc1ccc(CNC(=O)/C=C/c2ccc(OC)cc2)cc1OC. The van der Waals surface area contributed by atoms with Gasteiger partial charge in [-0.05, 0) is 47.9 Å². The molecule has 2 aromatic carbocycles. The largest absolute Gasteiger partial charge is 0.497 e. The summed E-state index contributed by atoms with van der Waals surface area (Å²) in [6, 6.07) is 13.1. The average molecular weight is 355 g/mol. The maximum Gasteiger partial charge on any atom is 0.244 e. The standard InChI is InChI=1S/C21H25NO4/c1-4-13-26-19-11-7-17(14-20(19)25-3)15-22-21(23)12-8-16-5-9-18(24-2)10-6-16/h5-12,14H,4,13,15H2,1-3H3,(H,22,23)/b12-8+. The summed E-state index contributed by atoms with van der Waals surface area (Å²) in [5.41, 5.74) is 1.87. The summed E-state index contributed by atoms with van der Waals surface area (Å²) < 4.78 is 16.1. The highest BCUT2D eigenvalue weighted by Crippen LogP contribution is 2.28. The molecule has 0 fully saturated rings. The normalized spacial score (nSPS) is 10.6. The first kappa shape index (κ1) is 19.4. The monoisotopic (exact) mass is 355 g/mol. The Labute approximate surface area is 154 Å². The molecule has 5 nitrogen and oxygen atoms in total. The quantitative estimate of drug-likeness (QED) is 0.695. The number of benzene rings is 2. The number of methoxy groups -OCH3 is 2. The van der Waals surface area contributed by atoms with Crippen molar-refractivity contribution in [2.24, 2.45) is 0 Å². The molecule has 0 atom stereocenters. The molecular formula is C21H25NO4. The Morgan fingerprint density at radius 3 is 2.46 bits per heavy atom. The fourth-order valence-corrected chi connectivity index (χ4v) is 2.29. The van der Waals surface area contributed by atoms with Gasteiger partial charge in [-0.15, -0.1) is 0 Å². The van der Waals surface area contributed by atoms with Crippen LogP contribution in [0.25, 0.3) is 6.08 Å². The molecule has 0 aromatic heterocycles. The molecule has 2 aromatic rings. The number of hydrogen-bond acceptors (Lipinski definition) is 4. The summed E-state index contributed by atoms with van der Waals surface area (Å²) in [6.07, 6.45) is 4.20. The molecule has 0 aliphatic carbocycles. The molecule has 138 valence electrons. The van der Waals surface area contributed by atoms with Gasteiger partial charge in [0, 0.05) is 12.6 Å². The van der Waals surface area contributed by atoms with Crippen molar-refractivity contribution in [1.29, 1.82) is 0 Å². The van der Waals surface area contributed by atoms with Gasteiger partial charge >= 0.3 is 0 Å². The minimum Gasteiger partial charge on any atom is -0.497 e. The van der Waals surface area contributed by atoms with Gasteiger partial charge in [-0.2, -0.15) is 0 Å². The molecule has 0 aliphatic heterocycles. The minimum atomic E-state index is -0.161. The minimum absolute atomic E-state index is 0.161. The van der Waals surface area contributed by atoms with Crippen molar-refractivity contribution in [3.8, 4) is 17.2 Å². The van der Waals surface area contributed by atoms with E-state index in [2.05, 4.69) is 12.2 Å². The lowest BCUT2D eigenvalue weighted by Gasteiger charge is -2.11. The fourth-order valence-electron chi connectivity index (χ4n) is 2.29. The molecule has 0 aliphatic rings. The predicted octanol–water partition coefficient (Wildman–Crippen LogP) is 3.82. The zero-order valence-corrected chi connectivity index (χ0v) is 15.5. The van der Waals surface area contributed by atoms with Crippen LogP contribution in [-0.2, 0) is 11.3 Å². The number of ether oxygens (including phenoxy) is 3. The summed E-state index contributed by atoms with van der Waals surface area (Å²) in [6.45, 7) is 3.11. The highest BCUT2D eigenvalue weighted by molar-refractivity contribution is 5.91. The molecule has 1 amide bonds. The van der Waals surface area contributed by atoms with Gasteiger partial charge < -0.3 is 19.5 Å². The molecule has 0 radical (unpaired) electrons. The molecule has 0 saturated carbocycles. The maximum atomic E-state index is 12.0. The van der Waals surface area contributed by atoms with Gasteiger partial charge in [-0.25, -0.2) is 0 Å². The van der Waals surface area contributed by atoms with Crippen molar-refractivity contribution in [3.05, 3.63) is 59.7 Å². The Bertz CT molecular complexity index is 738. The highest BCUT2D eigenvalue weighted by Gasteiger charge is 2.06. The Morgan fingerprint density at radius 1 is 1.04 bits per heavy atom. The maximum absolute atomic E-state index is 12.0.